The zero-order chi connectivity index (χ0) is 15.8. The molecule has 1 aliphatic heterocycles. The third-order valence-corrected chi connectivity index (χ3v) is 5.08. The van der Waals surface area contributed by atoms with Crippen LogP contribution in [0.2, 0.25) is 0 Å². The lowest BCUT2D eigenvalue weighted by atomic mass is 10.0. The Bertz CT molecular complexity index is 455. The predicted molar refractivity (Wildman–Crippen MR) is 92.9 cm³/mol. The van der Waals surface area contributed by atoms with Gasteiger partial charge in [-0.2, -0.15) is 0 Å². The van der Waals surface area contributed by atoms with E-state index in [1.807, 2.05) is 0 Å². The molecule has 22 heavy (non-hydrogen) atoms. The van der Waals surface area contributed by atoms with Crippen molar-refractivity contribution in [3.8, 4) is 5.75 Å². The molecule has 1 saturated heterocycles. The number of nitrogens with zero attached hydrogens (tertiary/aromatic N) is 1. The SMILES string of the molecule is CC1CCCCN1CCCCCCOc1ccc(Br)c(F)c1. The monoisotopic (exact) mass is 371 g/mol. The summed E-state index contributed by atoms with van der Waals surface area (Å²) in [4.78, 5) is 2.63. The summed E-state index contributed by atoms with van der Waals surface area (Å²) in [5.74, 6) is 0.344. The number of benzene rings is 1. The zero-order valence-corrected chi connectivity index (χ0v) is 15.1. The number of hydrogen-bond donors (Lipinski definition) is 0. The van der Waals surface area contributed by atoms with E-state index in [-0.39, 0.29) is 5.82 Å². The van der Waals surface area contributed by atoms with Gasteiger partial charge in [-0.1, -0.05) is 19.3 Å². The molecule has 0 N–H and O–H groups in total. The van der Waals surface area contributed by atoms with Crippen LogP contribution in [0, 0.1) is 5.82 Å². The van der Waals surface area contributed by atoms with E-state index < -0.39 is 0 Å². The molecule has 2 rings (SSSR count). The number of hydrogen-bond acceptors (Lipinski definition) is 2. The lowest BCUT2D eigenvalue weighted by molar-refractivity contribution is 0.157. The van der Waals surface area contributed by atoms with Crippen molar-refractivity contribution < 1.29 is 9.13 Å². The number of ether oxygens (including phenoxy) is 1. The lowest BCUT2D eigenvalue weighted by Gasteiger charge is -2.33. The van der Waals surface area contributed by atoms with Crippen LogP contribution in [0.3, 0.4) is 0 Å². The van der Waals surface area contributed by atoms with Gasteiger partial charge in [0.15, 0.2) is 0 Å². The van der Waals surface area contributed by atoms with E-state index in [4.69, 9.17) is 4.74 Å². The van der Waals surface area contributed by atoms with Gasteiger partial charge in [-0.05, 0) is 73.8 Å². The van der Waals surface area contributed by atoms with Crippen LogP contribution >= 0.6 is 15.9 Å². The molecule has 0 aromatic heterocycles. The van der Waals surface area contributed by atoms with Crippen LogP contribution in [0.15, 0.2) is 22.7 Å². The van der Waals surface area contributed by atoms with Crippen molar-refractivity contribution in [1.29, 1.82) is 0 Å². The molecular weight excluding hydrogens is 345 g/mol. The van der Waals surface area contributed by atoms with E-state index >= 15 is 0 Å². The minimum Gasteiger partial charge on any atom is -0.493 e. The van der Waals surface area contributed by atoms with Gasteiger partial charge in [0, 0.05) is 12.1 Å². The first kappa shape index (κ1) is 17.7. The molecule has 0 amide bonds. The van der Waals surface area contributed by atoms with Crippen molar-refractivity contribution in [3.05, 3.63) is 28.5 Å². The molecule has 1 heterocycles. The summed E-state index contributed by atoms with van der Waals surface area (Å²) in [7, 11) is 0. The fraction of sp³-hybridized carbons (Fsp3) is 0.667. The van der Waals surface area contributed by atoms with Gasteiger partial charge in [0.25, 0.3) is 0 Å². The van der Waals surface area contributed by atoms with E-state index in [9.17, 15) is 4.39 Å². The van der Waals surface area contributed by atoms with Crippen molar-refractivity contribution >= 4 is 15.9 Å². The Balaban J connectivity index is 1.51. The average molecular weight is 372 g/mol. The van der Waals surface area contributed by atoms with Crippen LogP contribution in [0.1, 0.15) is 51.9 Å². The molecule has 1 fully saturated rings. The van der Waals surface area contributed by atoms with Crippen molar-refractivity contribution in [2.75, 3.05) is 19.7 Å². The number of unbranched alkanes of at least 4 members (excludes halogenated alkanes) is 3. The van der Waals surface area contributed by atoms with E-state index in [1.165, 1.54) is 57.7 Å². The number of rotatable bonds is 8. The van der Waals surface area contributed by atoms with Gasteiger partial charge in [-0.25, -0.2) is 4.39 Å². The third kappa shape index (κ3) is 5.88. The highest BCUT2D eigenvalue weighted by Crippen LogP contribution is 2.21. The number of likely N-dealkylation sites (tertiary alicyclic amines) is 1. The smallest absolute Gasteiger partial charge is 0.141 e. The van der Waals surface area contributed by atoms with Crippen LogP contribution in [0.5, 0.6) is 5.75 Å². The quantitative estimate of drug-likeness (QED) is 0.567. The molecule has 1 aromatic carbocycles. The van der Waals surface area contributed by atoms with Gasteiger partial charge >= 0.3 is 0 Å². The van der Waals surface area contributed by atoms with Crippen LogP contribution in [-0.4, -0.2) is 30.6 Å². The maximum atomic E-state index is 13.3. The summed E-state index contributed by atoms with van der Waals surface area (Å²) >= 11 is 3.14. The van der Waals surface area contributed by atoms with Crippen LogP contribution in [0.25, 0.3) is 0 Å². The Labute approximate surface area is 142 Å². The summed E-state index contributed by atoms with van der Waals surface area (Å²) in [6, 6.07) is 5.68. The van der Waals surface area contributed by atoms with Gasteiger partial charge in [0.05, 0.1) is 11.1 Å². The minimum absolute atomic E-state index is 0.270. The first-order valence-electron chi connectivity index (χ1n) is 8.49. The van der Waals surface area contributed by atoms with Gasteiger partial charge < -0.3 is 9.64 Å². The second kappa shape index (κ2) is 9.51. The maximum absolute atomic E-state index is 13.3. The van der Waals surface area contributed by atoms with E-state index in [1.54, 1.807) is 12.1 Å². The average Bonchev–Trinajstić information content (AvgIpc) is 2.51. The van der Waals surface area contributed by atoms with Gasteiger partial charge in [0.1, 0.15) is 11.6 Å². The fourth-order valence-corrected chi connectivity index (χ4v) is 3.26. The first-order chi connectivity index (χ1) is 10.7. The zero-order valence-electron chi connectivity index (χ0n) is 13.5. The van der Waals surface area contributed by atoms with E-state index in [0.717, 1.165) is 12.5 Å². The molecule has 1 aliphatic rings. The molecule has 124 valence electrons. The lowest BCUT2D eigenvalue weighted by Crippen LogP contribution is -2.37. The highest BCUT2D eigenvalue weighted by Gasteiger charge is 2.16. The summed E-state index contributed by atoms with van der Waals surface area (Å²) in [5, 5.41) is 0. The van der Waals surface area contributed by atoms with Crippen LogP contribution in [-0.2, 0) is 0 Å². The standard InChI is InChI=1S/C18H27BrFNO/c1-15-8-4-6-12-21(15)11-5-2-3-7-13-22-16-9-10-17(19)18(20)14-16/h9-10,14-15H,2-8,11-13H2,1H3. The Morgan fingerprint density at radius 1 is 1.23 bits per heavy atom. The van der Waals surface area contributed by atoms with Crippen molar-refractivity contribution in [3.63, 3.8) is 0 Å². The Morgan fingerprint density at radius 3 is 2.82 bits per heavy atom. The van der Waals surface area contributed by atoms with Crippen molar-refractivity contribution in [1.82, 2.24) is 4.90 Å². The second-order valence-electron chi connectivity index (χ2n) is 6.22. The van der Waals surface area contributed by atoms with E-state index in [0.29, 0.717) is 16.8 Å². The highest BCUT2D eigenvalue weighted by atomic mass is 79.9. The molecule has 0 aliphatic carbocycles. The summed E-state index contributed by atoms with van der Waals surface area (Å²) in [6.07, 6.45) is 8.86. The molecular formula is C18H27BrFNO. The number of halogens is 2. The largest absolute Gasteiger partial charge is 0.493 e. The topological polar surface area (TPSA) is 12.5 Å². The second-order valence-corrected chi connectivity index (χ2v) is 7.07. The highest BCUT2D eigenvalue weighted by molar-refractivity contribution is 9.10. The minimum atomic E-state index is -0.270. The molecule has 2 nitrogen and oxygen atoms in total. The molecule has 0 saturated carbocycles. The molecule has 1 unspecified atom stereocenters. The van der Waals surface area contributed by atoms with Crippen LogP contribution in [0.4, 0.5) is 4.39 Å². The first-order valence-corrected chi connectivity index (χ1v) is 9.28. The predicted octanol–water partition coefficient (Wildman–Crippen LogP) is 5.40. The van der Waals surface area contributed by atoms with Gasteiger partial charge in [-0.15, -0.1) is 0 Å². The molecule has 4 heteroatoms. The van der Waals surface area contributed by atoms with Crippen molar-refractivity contribution in [2.45, 2.75) is 57.9 Å². The molecule has 1 aromatic rings. The number of piperidine rings is 1. The summed E-state index contributed by atoms with van der Waals surface area (Å²) in [5.41, 5.74) is 0. The van der Waals surface area contributed by atoms with Gasteiger partial charge in [-0.3, -0.25) is 0 Å². The normalized spacial score (nSPS) is 19.3. The van der Waals surface area contributed by atoms with E-state index in [2.05, 4.69) is 27.8 Å². The Hall–Kier alpha value is -0.610. The third-order valence-electron chi connectivity index (χ3n) is 4.44. The molecule has 1 atom stereocenters. The Kier molecular flexibility index (Phi) is 7.67. The molecule has 0 spiro atoms. The van der Waals surface area contributed by atoms with Crippen molar-refractivity contribution in [2.24, 2.45) is 0 Å². The fourth-order valence-electron chi connectivity index (χ4n) is 3.02. The van der Waals surface area contributed by atoms with Gasteiger partial charge in [0.2, 0.25) is 0 Å². The molecule has 0 bridgehead atoms. The Morgan fingerprint density at radius 2 is 2.05 bits per heavy atom. The van der Waals surface area contributed by atoms with Crippen LogP contribution < -0.4 is 4.74 Å². The summed E-state index contributed by atoms with van der Waals surface area (Å²) in [6.45, 7) is 5.53. The maximum Gasteiger partial charge on any atom is 0.141 e. The summed E-state index contributed by atoms with van der Waals surface area (Å²) < 4.78 is 19.4. The molecule has 0 radical (unpaired) electrons.